The molecule has 0 saturated heterocycles. The number of nitrogens with zero attached hydrogens (tertiary/aromatic N) is 4. The summed E-state index contributed by atoms with van der Waals surface area (Å²) >= 11 is 0. The van der Waals surface area contributed by atoms with Crippen LogP contribution < -0.4 is 5.32 Å². The van der Waals surface area contributed by atoms with Crippen molar-refractivity contribution in [3.05, 3.63) is 29.6 Å². The molecular weight excluding hydrogens is 246 g/mol. The van der Waals surface area contributed by atoms with Crippen molar-refractivity contribution in [2.24, 2.45) is 7.05 Å². The first-order valence-corrected chi connectivity index (χ1v) is 5.88. The molecule has 7 heteroatoms. The fraction of sp³-hybridized carbons (Fsp3) is 0.333. The van der Waals surface area contributed by atoms with Gasteiger partial charge in [-0.2, -0.15) is 10.2 Å². The highest BCUT2D eigenvalue weighted by Crippen LogP contribution is 2.19. The summed E-state index contributed by atoms with van der Waals surface area (Å²) < 4.78 is 6.52. The third-order valence-corrected chi connectivity index (χ3v) is 2.48. The summed E-state index contributed by atoms with van der Waals surface area (Å²) in [5.74, 6) is 0.648. The first-order valence-electron chi connectivity index (χ1n) is 5.88. The molecule has 2 heterocycles. The minimum absolute atomic E-state index is 0.317. The molecule has 0 saturated carbocycles. The van der Waals surface area contributed by atoms with Gasteiger partial charge in [0.2, 0.25) is 0 Å². The van der Waals surface area contributed by atoms with Crippen LogP contribution in [0.2, 0.25) is 0 Å². The SMILES string of the molecule is CCOC(=O)c1cnn(C)c1Nc1ccc(C)nn1. The lowest BCUT2D eigenvalue weighted by molar-refractivity contribution is 0.0527. The van der Waals surface area contributed by atoms with Gasteiger partial charge in [-0.1, -0.05) is 0 Å². The van der Waals surface area contributed by atoms with Crippen molar-refractivity contribution in [1.82, 2.24) is 20.0 Å². The van der Waals surface area contributed by atoms with E-state index < -0.39 is 5.97 Å². The Morgan fingerprint density at radius 1 is 1.42 bits per heavy atom. The Hall–Kier alpha value is -2.44. The summed E-state index contributed by atoms with van der Waals surface area (Å²) in [7, 11) is 1.73. The van der Waals surface area contributed by atoms with Gasteiger partial charge in [0.15, 0.2) is 5.82 Å². The number of aromatic nitrogens is 4. The van der Waals surface area contributed by atoms with Gasteiger partial charge in [0.1, 0.15) is 11.4 Å². The third-order valence-electron chi connectivity index (χ3n) is 2.48. The highest BCUT2D eigenvalue weighted by atomic mass is 16.5. The molecular formula is C12H15N5O2. The molecule has 0 bridgehead atoms. The molecule has 0 fully saturated rings. The summed E-state index contributed by atoms with van der Waals surface area (Å²) in [6.45, 7) is 3.93. The number of hydrogen-bond donors (Lipinski definition) is 1. The van der Waals surface area contributed by atoms with Crippen LogP contribution in [0, 0.1) is 6.92 Å². The Labute approximate surface area is 110 Å². The number of esters is 1. The monoisotopic (exact) mass is 261 g/mol. The van der Waals surface area contributed by atoms with Gasteiger partial charge in [0.25, 0.3) is 0 Å². The normalized spacial score (nSPS) is 10.3. The Balaban J connectivity index is 2.26. The van der Waals surface area contributed by atoms with Gasteiger partial charge in [-0.05, 0) is 26.0 Å². The van der Waals surface area contributed by atoms with Crippen molar-refractivity contribution < 1.29 is 9.53 Å². The summed E-state index contributed by atoms with van der Waals surface area (Å²) in [5.41, 5.74) is 1.19. The van der Waals surface area contributed by atoms with E-state index in [0.717, 1.165) is 5.69 Å². The molecule has 1 N–H and O–H groups in total. The second-order valence-electron chi connectivity index (χ2n) is 3.94. The van der Waals surface area contributed by atoms with Crippen LogP contribution >= 0.6 is 0 Å². The van der Waals surface area contributed by atoms with E-state index in [1.54, 1.807) is 24.7 Å². The zero-order chi connectivity index (χ0) is 13.8. The molecule has 0 aliphatic heterocycles. The predicted molar refractivity (Wildman–Crippen MR) is 69.2 cm³/mol. The summed E-state index contributed by atoms with van der Waals surface area (Å²) in [5, 5.41) is 15.0. The van der Waals surface area contributed by atoms with Crippen molar-refractivity contribution in [3.8, 4) is 0 Å². The average molecular weight is 261 g/mol. The maximum Gasteiger partial charge on any atom is 0.343 e. The van der Waals surface area contributed by atoms with Crippen LogP contribution in [0.3, 0.4) is 0 Å². The standard InChI is InChI=1S/C12H15N5O2/c1-4-19-12(18)9-7-13-17(3)11(9)14-10-6-5-8(2)15-16-10/h5-7H,4H2,1-3H3,(H,14,16). The fourth-order valence-corrected chi connectivity index (χ4v) is 1.53. The van der Waals surface area contributed by atoms with E-state index in [-0.39, 0.29) is 0 Å². The zero-order valence-electron chi connectivity index (χ0n) is 11.0. The van der Waals surface area contributed by atoms with Gasteiger partial charge < -0.3 is 10.1 Å². The van der Waals surface area contributed by atoms with Gasteiger partial charge in [0, 0.05) is 7.05 Å². The molecule has 0 amide bonds. The molecule has 0 atom stereocenters. The number of nitrogens with one attached hydrogen (secondary N) is 1. The summed E-state index contributed by atoms with van der Waals surface area (Å²) in [4.78, 5) is 11.8. The lowest BCUT2D eigenvalue weighted by Crippen LogP contribution is -2.09. The van der Waals surface area contributed by atoms with Gasteiger partial charge in [0.05, 0.1) is 18.5 Å². The van der Waals surface area contributed by atoms with E-state index in [2.05, 4.69) is 20.6 Å². The Morgan fingerprint density at radius 3 is 2.84 bits per heavy atom. The molecule has 19 heavy (non-hydrogen) atoms. The molecule has 0 unspecified atom stereocenters. The molecule has 2 aromatic rings. The number of carbonyl (C=O) groups excluding carboxylic acids is 1. The second-order valence-corrected chi connectivity index (χ2v) is 3.94. The number of hydrogen-bond acceptors (Lipinski definition) is 6. The van der Waals surface area contributed by atoms with Crippen LogP contribution in [0.1, 0.15) is 23.0 Å². The molecule has 2 rings (SSSR count). The van der Waals surface area contributed by atoms with Crippen molar-refractivity contribution >= 4 is 17.6 Å². The van der Waals surface area contributed by atoms with E-state index in [1.807, 2.05) is 13.0 Å². The topological polar surface area (TPSA) is 81.9 Å². The molecule has 100 valence electrons. The Morgan fingerprint density at radius 2 is 2.21 bits per heavy atom. The highest BCUT2D eigenvalue weighted by Gasteiger charge is 2.17. The first-order chi connectivity index (χ1) is 9.11. The van der Waals surface area contributed by atoms with Crippen LogP contribution in [-0.2, 0) is 11.8 Å². The quantitative estimate of drug-likeness (QED) is 0.839. The number of carbonyl (C=O) groups is 1. The minimum Gasteiger partial charge on any atom is -0.462 e. The van der Waals surface area contributed by atoms with E-state index in [4.69, 9.17) is 4.74 Å². The van der Waals surface area contributed by atoms with Crippen molar-refractivity contribution in [2.75, 3.05) is 11.9 Å². The molecule has 0 spiro atoms. The summed E-state index contributed by atoms with van der Waals surface area (Å²) in [6, 6.07) is 3.61. The first kappa shape index (κ1) is 13.0. The van der Waals surface area contributed by atoms with Crippen LogP contribution in [0.5, 0.6) is 0 Å². The number of anilines is 2. The van der Waals surface area contributed by atoms with Crippen molar-refractivity contribution in [2.45, 2.75) is 13.8 Å². The van der Waals surface area contributed by atoms with Crippen LogP contribution in [0.4, 0.5) is 11.6 Å². The molecule has 2 aromatic heterocycles. The van der Waals surface area contributed by atoms with Gasteiger partial charge in [-0.3, -0.25) is 4.68 Å². The molecule has 0 radical (unpaired) electrons. The zero-order valence-corrected chi connectivity index (χ0v) is 11.0. The maximum atomic E-state index is 11.8. The number of ether oxygens (including phenoxy) is 1. The molecule has 0 aliphatic rings. The predicted octanol–water partition coefficient (Wildman–Crippen LogP) is 1.44. The summed E-state index contributed by atoms with van der Waals surface area (Å²) in [6.07, 6.45) is 1.46. The maximum absolute atomic E-state index is 11.8. The Bertz CT molecular complexity index is 576. The fourth-order valence-electron chi connectivity index (χ4n) is 1.53. The number of aryl methyl sites for hydroxylation is 2. The third kappa shape index (κ3) is 2.87. The van der Waals surface area contributed by atoms with Crippen LogP contribution in [0.25, 0.3) is 0 Å². The van der Waals surface area contributed by atoms with Crippen molar-refractivity contribution in [1.29, 1.82) is 0 Å². The second kappa shape index (κ2) is 5.47. The largest absolute Gasteiger partial charge is 0.462 e. The minimum atomic E-state index is -0.418. The lowest BCUT2D eigenvalue weighted by atomic mass is 10.3. The van der Waals surface area contributed by atoms with Gasteiger partial charge in [-0.25, -0.2) is 4.79 Å². The van der Waals surface area contributed by atoms with E-state index in [0.29, 0.717) is 23.8 Å². The van der Waals surface area contributed by atoms with Gasteiger partial charge in [-0.15, -0.1) is 5.10 Å². The smallest absolute Gasteiger partial charge is 0.343 e. The molecule has 0 aromatic carbocycles. The van der Waals surface area contributed by atoms with Crippen molar-refractivity contribution in [3.63, 3.8) is 0 Å². The van der Waals surface area contributed by atoms with Crippen LogP contribution in [0.15, 0.2) is 18.3 Å². The molecule has 0 aliphatic carbocycles. The van der Waals surface area contributed by atoms with E-state index in [1.165, 1.54) is 6.20 Å². The molecule has 7 nitrogen and oxygen atoms in total. The van der Waals surface area contributed by atoms with Gasteiger partial charge >= 0.3 is 5.97 Å². The highest BCUT2D eigenvalue weighted by molar-refractivity contribution is 5.95. The lowest BCUT2D eigenvalue weighted by Gasteiger charge is -2.08. The van der Waals surface area contributed by atoms with E-state index in [9.17, 15) is 4.79 Å². The van der Waals surface area contributed by atoms with Crippen LogP contribution in [-0.4, -0.2) is 32.6 Å². The van der Waals surface area contributed by atoms with E-state index >= 15 is 0 Å². The number of rotatable bonds is 4. The average Bonchev–Trinajstić information content (AvgIpc) is 2.74. The Kier molecular flexibility index (Phi) is 3.74.